The summed E-state index contributed by atoms with van der Waals surface area (Å²) in [7, 11) is 0. The molecule has 0 saturated carbocycles. The molecule has 2 aromatic heterocycles. The SMILES string of the molecule is Cc1nc2ccccn2c1Sc1ccccc1[N+](=O)[O-]. The van der Waals surface area contributed by atoms with Gasteiger partial charge >= 0.3 is 0 Å². The van der Waals surface area contributed by atoms with E-state index in [2.05, 4.69) is 4.98 Å². The van der Waals surface area contributed by atoms with Crippen LogP contribution in [0.3, 0.4) is 0 Å². The Morgan fingerprint density at radius 2 is 1.95 bits per heavy atom. The van der Waals surface area contributed by atoms with Crippen molar-refractivity contribution >= 4 is 23.1 Å². The number of fused-ring (bicyclic) bond motifs is 1. The van der Waals surface area contributed by atoms with Crippen LogP contribution in [0, 0.1) is 17.0 Å². The first-order valence-electron chi connectivity index (χ1n) is 6.02. The van der Waals surface area contributed by atoms with Crippen molar-refractivity contribution in [3.8, 4) is 0 Å². The summed E-state index contributed by atoms with van der Waals surface area (Å²) in [6.07, 6.45) is 1.91. The van der Waals surface area contributed by atoms with E-state index in [-0.39, 0.29) is 10.6 Å². The average molecular weight is 285 g/mol. The summed E-state index contributed by atoms with van der Waals surface area (Å²) in [4.78, 5) is 15.8. The summed E-state index contributed by atoms with van der Waals surface area (Å²) < 4.78 is 1.94. The van der Waals surface area contributed by atoms with E-state index < -0.39 is 0 Å². The summed E-state index contributed by atoms with van der Waals surface area (Å²) in [6.45, 7) is 1.91. The number of imidazole rings is 1. The number of aryl methyl sites for hydroxylation is 1. The van der Waals surface area contributed by atoms with Gasteiger partial charge in [-0.1, -0.05) is 30.0 Å². The summed E-state index contributed by atoms with van der Waals surface area (Å²) in [5.41, 5.74) is 1.81. The number of hydrogen-bond donors (Lipinski definition) is 0. The second-order valence-corrected chi connectivity index (χ2v) is 5.29. The van der Waals surface area contributed by atoms with Crippen LogP contribution in [0.2, 0.25) is 0 Å². The van der Waals surface area contributed by atoms with Gasteiger partial charge in [0, 0.05) is 12.3 Å². The minimum Gasteiger partial charge on any atom is -0.294 e. The van der Waals surface area contributed by atoms with Gasteiger partial charge in [0.2, 0.25) is 0 Å². The number of hydrogen-bond acceptors (Lipinski definition) is 4. The van der Waals surface area contributed by atoms with Gasteiger partial charge in [-0.15, -0.1) is 0 Å². The molecule has 0 fully saturated rings. The number of nitro groups is 1. The minimum absolute atomic E-state index is 0.114. The number of nitrogens with zero attached hydrogens (tertiary/aromatic N) is 3. The van der Waals surface area contributed by atoms with Crippen molar-refractivity contribution in [3.05, 3.63) is 64.5 Å². The Hall–Kier alpha value is -2.34. The topological polar surface area (TPSA) is 60.4 Å². The van der Waals surface area contributed by atoms with Crippen molar-refractivity contribution in [2.45, 2.75) is 16.8 Å². The Bertz CT molecular complexity index is 798. The van der Waals surface area contributed by atoms with Crippen LogP contribution < -0.4 is 0 Å². The van der Waals surface area contributed by atoms with Crippen molar-refractivity contribution in [2.75, 3.05) is 0 Å². The Labute approximate surface area is 119 Å². The molecule has 6 heteroatoms. The van der Waals surface area contributed by atoms with Gasteiger partial charge in [-0.3, -0.25) is 14.5 Å². The highest BCUT2D eigenvalue weighted by Crippen LogP contribution is 2.36. The van der Waals surface area contributed by atoms with Crippen LogP contribution in [0.15, 0.2) is 58.6 Å². The molecule has 0 aliphatic rings. The van der Waals surface area contributed by atoms with Crippen molar-refractivity contribution in [2.24, 2.45) is 0 Å². The van der Waals surface area contributed by atoms with Crippen LogP contribution in [-0.4, -0.2) is 14.3 Å². The van der Waals surface area contributed by atoms with E-state index in [9.17, 15) is 10.1 Å². The second kappa shape index (κ2) is 4.97. The molecule has 1 aromatic carbocycles. The Morgan fingerprint density at radius 1 is 1.20 bits per heavy atom. The third kappa shape index (κ3) is 2.14. The van der Waals surface area contributed by atoms with Crippen molar-refractivity contribution in [3.63, 3.8) is 0 Å². The largest absolute Gasteiger partial charge is 0.294 e. The minimum atomic E-state index is -0.360. The van der Waals surface area contributed by atoms with Crippen LogP contribution in [0.5, 0.6) is 0 Å². The van der Waals surface area contributed by atoms with Gasteiger partial charge < -0.3 is 0 Å². The average Bonchev–Trinajstić information content (AvgIpc) is 2.76. The number of aromatic nitrogens is 2. The number of pyridine rings is 1. The van der Waals surface area contributed by atoms with E-state index in [1.54, 1.807) is 18.2 Å². The molecule has 0 aliphatic heterocycles. The highest BCUT2D eigenvalue weighted by molar-refractivity contribution is 7.99. The van der Waals surface area contributed by atoms with E-state index in [1.165, 1.54) is 17.8 Å². The lowest BCUT2D eigenvalue weighted by Gasteiger charge is -2.03. The van der Waals surface area contributed by atoms with E-state index in [0.29, 0.717) is 4.90 Å². The van der Waals surface area contributed by atoms with Crippen LogP contribution in [0.25, 0.3) is 5.65 Å². The van der Waals surface area contributed by atoms with Gasteiger partial charge in [-0.05, 0) is 25.1 Å². The zero-order valence-corrected chi connectivity index (χ0v) is 11.5. The maximum atomic E-state index is 11.1. The lowest BCUT2D eigenvalue weighted by atomic mass is 10.3. The molecule has 0 spiro atoms. The van der Waals surface area contributed by atoms with Gasteiger partial charge in [0.1, 0.15) is 10.7 Å². The summed E-state index contributed by atoms with van der Waals surface area (Å²) >= 11 is 1.36. The molecule has 5 nitrogen and oxygen atoms in total. The third-order valence-electron chi connectivity index (χ3n) is 2.92. The fourth-order valence-corrected chi connectivity index (χ4v) is 3.06. The van der Waals surface area contributed by atoms with Crippen LogP contribution in [-0.2, 0) is 0 Å². The molecule has 3 aromatic rings. The zero-order chi connectivity index (χ0) is 14.1. The molecule has 0 saturated heterocycles. The Balaban J connectivity index is 2.10. The lowest BCUT2D eigenvalue weighted by molar-refractivity contribution is -0.387. The zero-order valence-electron chi connectivity index (χ0n) is 10.7. The molecule has 0 unspecified atom stereocenters. The van der Waals surface area contributed by atoms with E-state index >= 15 is 0 Å². The van der Waals surface area contributed by atoms with Crippen molar-refractivity contribution in [1.29, 1.82) is 0 Å². The molecule has 0 radical (unpaired) electrons. The maximum Gasteiger partial charge on any atom is 0.283 e. The van der Waals surface area contributed by atoms with Gasteiger partial charge in [0.25, 0.3) is 5.69 Å². The van der Waals surface area contributed by atoms with Gasteiger partial charge in [0.05, 0.1) is 15.5 Å². The fraction of sp³-hybridized carbons (Fsp3) is 0.0714. The molecule has 2 heterocycles. The molecule has 3 rings (SSSR count). The predicted octanol–water partition coefficient (Wildman–Crippen LogP) is 3.70. The molecule has 20 heavy (non-hydrogen) atoms. The number of nitro benzene ring substituents is 1. The molecule has 100 valence electrons. The second-order valence-electron chi connectivity index (χ2n) is 4.26. The van der Waals surface area contributed by atoms with E-state index in [0.717, 1.165) is 16.4 Å². The first-order chi connectivity index (χ1) is 9.66. The molecule has 0 aliphatic carbocycles. The highest BCUT2D eigenvalue weighted by Gasteiger charge is 2.17. The van der Waals surface area contributed by atoms with Gasteiger partial charge in [-0.2, -0.15) is 0 Å². The number of para-hydroxylation sites is 1. The van der Waals surface area contributed by atoms with E-state index in [1.807, 2.05) is 35.7 Å². The van der Waals surface area contributed by atoms with Crippen LogP contribution in [0.4, 0.5) is 5.69 Å². The summed E-state index contributed by atoms with van der Waals surface area (Å²) in [5, 5.41) is 12.0. The third-order valence-corrected chi connectivity index (χ3v) is 4.17. The van der Waals surface area contributed by atoms with Crippen molar-refractivity contribution in [1.82, 2.24) is 9.38 Å². The molecular formula is C14H11N3O2S. The standard InChI is InChI=1S/C14H11N3O2S/c1-10-14(16-9-5-4-8-13(16)15-10)20-12-7-3-2-6-11(12)17(18)19/h2-9H,1H3. The van der Waals surface area contributed by atoms with Gasteiger partial charge in [0.15, 0.2) is 0 Å². The molecule has 0 atom stereocenters. The summed E-state index contributed by atoms with van der Waals surface area (Å²) in [6, 6.07) is 12.5. The Morgan fingerprint density at radius 3 is 2.75 bits per heavy atom. The number of benzene rings is 1. The van der Waals surface area contributed by atoms with Gasteiger partial charge in [-0.25, -0.2) is 4.98 Å². The Kier molecular flexibility index (Phi) is 3.15. The molecular weight excluding hydrogens is 274 g/mol. The predicted molar refractivity (Wildman–Crippen MR) is 77.1 cm³/mol. The van der Waals surface area contributed by atoms with Crippen molar-refractivity contribution < 1.29 is 4.92 Å². The van der Waals surface area contributed by atoms with Crippen LogP contribution >= 0.6 is 11.8 Å². The number of rotatable bonds is 3. The first-order valence-corrected chi connectivity index (χ1v) is 6.83. The molecule has 0 amide bonds. The highest BCUT2D eigenvalue weighted by atomic mass is 32.2. The summed E-state index contributed by atoms with van der Waals surface area (Å²) in [5.74, 6) is 0. The van der Waals surface area contributed by atoms with E-state index in [4.69, 9.17) is 0 Å². The molecule has 0 N–H and O–H groups in total. The monoisotopic (exact) mass is 285 g/mol. The maximum absolute atomic E-state index is 11.1. The lowest BCUT2D eigenvalue weighted by Crippen LogP contribution is -1.91. The fourth-order valence-electron chi connectivity index (χ4n) is 2.01. The van der Waals surface area contributed by atoms with Crippen LogP contribution in [0.1, 0.15) is 5.69 Å². The molecule has 0 bridgehead atoms. The smallest absolute Gasteiger partial charge is 0.283 e. The normalized spacial score (nSPS) is 10.8. The first kappa shape index (κ1) is 12.7. The quantitative estimate of drug-likeness (QED) is 0.544.